The topological polar surface area (TPSA) is 46.8 Å². The highest BCUT2D eigenvalue weighted by Crippen LogP contribution is 2.27. The van der Waals surface area contributed by atoms with Crippen LogP contribution in [0.2, 0.25) is 0 Å². The molecule has 0 N–H and O–H groups in total. The summed E-state index contributed by atoms with van der Waals surface area (Å²) in [6.07, 6.45) is -4.37. The molecule has 0 saturated heterocycles. The first-order valence-electron chi connectivity index (χ1n) is 8.98. The maximum absolute atomic E-state index is 12.4. The summed E-state index contributed by atoms with van der Waals surface area (Å²) in [5, 5.41) is 1.89. The minimum Gasteiger partial charge on any atom is -0.484 e. The summed E-state index contributed by atoms with van der Waals surface area (Å²) < 4.78 is 43.8. The van der Waals surface area contributed by atoms with E-state index in [9.17, 15) is 18.0 Å². The summed E-state index contributed by atoms with van der Waals surface area (Å²) in [7, 11) is 1.90. The number of fused-ring (bicyclic) bond motifs is 1. The first-order chi connectivity index (χ1) is 13.5. The van der Waals surface area contributed by atoms with Crippen LogP contribution in [0.5, 0.6) is 5.75 Å². The van der Waals surface area contributed by atoms with Crippen LogP contribution in [0.15, 0.2) is 28.4 Å². The van der Waals surface area contributed by atoms with Crippen LogP contribution in [0.4, 0.5) is 13.2 Å². The van der Waals surface area contributed by atoms with Crippen molar-refractivity contribution in [3.05, 3.63) is 62.0 Å². The molecule has 2 aromatic heterocycles. The van der Waals surface area contributed by atoms with Crippen molar-refractivity contribution in [2.75, 3.05) is 13.7 Å². The Hall–Kier alpha value is -2.39. The van der Waals surface area contributed by atoms with Crippen molar-refractivity contribution in [2.45, 2.75) is 40.0 Å². The lowest BCUT2D eigenvalue weighted by molar-refractivity contribution is -0.153. The van der Waals surface area contributed by atoms with Crippen LogP contribution < -0.4 is 10.3 Å². The molecule has 29 heavy (non-hydrogen) atoms. The number of benzene rings is 1. The van der Waals surface area contributed by atoms with Gasteiger partial charge in [-0.1, -0.05) is 12.1 Å². The van der Waals surface area contributed by atoms with E-state index in [1.807, 2.05) is 36.4 Å². The summed E-state index contributed by atoms with van der Waals surface area (Å²) in [5.74, 6) is 0.266. The molecule has 156 valence electrons. The minimum atomic E-state index is -4.37. The first kappa shape index (κ1) is 21.3. The number of aryl methyl sites for hydroxylation is 3. The van der Waals surface area contributed by atoms with Gasteiger partial charge >= 0.3 is 6.18 Å². The molecule has 3 aromatic rings. The SMILES string of the molecule is Cc1cc(CN(C)Cc2cc(=O)n3c(C)csc3n2)cc(C)c1OCC(F)(F)F. The van der Waals surface area contributed by atoms with Gasteiger partial charge < -0.3 is 4.74 Å². The Labute approximate surface area is 170 Å². The van der Waals surface area contributed by atoms with Crippen LogP contribution >= 0.6 is 11.3 Å². The van der Waals surface area contributed by atoms with Crippen LogP contribution in [0.3, 0.4) is 0 Å². The smallest absolute Gasteiger partial charge is 0.422 e. The van der Waals surface area contributed by atoms with Crippen molar-refractivity contribution in [1.82, 2.24) is 14.3 Å². The van der Waals surface area contributed by atoms with E-state index in [4.69, 9.17) is 4.74 Å². The molecule has 0 saturated carbocycles. The summed E-state index contributed by atoms with van der Waals surface area (Å²) in [6.45, 7) is 5.07. The summed E-state index contributed by atoms with van der Waals surface area (Å²) in [5.41, 5.74) is 3.70. The fraction of sp³-hybridized carbons (Fsp3) is 0.400. The second-order valence-corrected chi connectivity index (χ2v) is 8.05. The predicted molar refractivity (Wildman–Crippen MR) is 107 cm³/mol. The molecule has 0 spiro atoms. The molecule has 3 rings (SSSR count). The molecule has 0 fully saturated rings. The summed E-state index contributed by atoms with van der Waals surface area (Å²) in [6, 6.07) is 5.18. The van der Waals surface area contributed by atoms with Crippen LogP contribution in [0, 0.1) is 20.8 Å². The summed E-state index contributed by atoms with van der Waals surface area (Å²) >= 11 is 1.42. The van der Waals surface area contributed by atoms with Gasteiger partial charge in [-0.3, -0.25) is 14.1 Å². The second kappa shape index (κ2) is 8.16. The number of ether oxygens (including phenoxy) is 1. The maximum Gasteiger partial charge on any atom is 0.422 e. The molecular formula is C20H22F3N3O2S. The Morgan fingerprint density at radius 2 is 1.79 bits per heavy atom. The van der Waals surface area contributed by atoms with Crippen molar-refractivity contribution in [3.63, 3.8) is 0 Å². The third-order valence-corrected chi connectivity index (χ3v) is 5.36. The number of nitrogens with zero attached hydrogens (tertiary/aromatic N) is 3. The average molecular weight is 425 g/mol. The van der Waals surface area contributed by atoms with Gasteiger partial charge in [0.1, 0.15) is 5.75 Å². The molecule has 0 amide bonds. The predicted octanol–water partition coefficient (Wildman–Crippen LogP) is 4.25. The molecule has 9 heteroatoms. The monoisotopic (exact) mass is 425 g/mol. The Morgan fingerprint density at radius 3 is 2.41 bits per heavy atom. The standard InChI is InChI=1S/C20H22F3N3O2S/c1-12-5-15(6-13(2)18(12)28-11-20(21,22)23)8-25(4)9-16-7-17(27)26-14(3)10-29-19(26)24-16/h5-7,10H,8-9,11H2,1-4H3. The largest absolute Gasteiger partial charge is 0.484 e. The van der Waals surface area contributed by atoms with E-state index in [1.54, 1.807) is 18.2 Å². The number of halogens is 3. The van der Waals surface area contributed by atoms with Gasteiger partial charge in [0.25, 0.3) is 5.56 Å². The zero-order valence-corrected chi connectivity index (χ0v) is 17.4. The molecule has 0 atom stereocenters. The van der Waals surface area contributed by atoms with Crippen molar-refractivity contribution in [2.24, 2.45) is 0 Å². The van der Waals surface area contributed by atoms with E-state index in [2.05, 4.69) is 4.98 Å². The Morgan fingerprint density at radius 1 is 1.14 bits per heavy atom. The molecule has 0 aliphatic heterocycles. The van der Waals surface area contributed by atoms with Crippen LogP contribution in [0.1, 0.15) is 28.1 Å². The highest BCUT2D eigenvalue weighted by molar-refractivity contribution is 7.15. The first-order valence-corrected chi connectivity index (χ1v) is 9.86. The van der Waals surface area contributed by atoms with Crippen molar-refractivity contribution >= 4 is 16.3 Å². The Kier molecular flexibility index (Phi) is 6.00. The number of hydrogen-bond acceptors (Lipinski definition) is 5. The molecule has 5 nitrogen and oxygen atoms in total. The Balaban J connectivity index is 1.72. The van der Waals surface area contributed by atoms with Crippen LogP contribution in [-0.2, 0) is 13.1 Å². The van der Waals surface area contributed by atoms with Crippen LogP contribution in [-0.4, -0.2) is 34.1 Å². The van der Waals surface area contributed by atoms with E-state index in [0.717, 1.165) is 11.3 Å². The van der Waals surface area contributed by atoms with Crippen molar-refractivity contribution in [3.8, 4) is 5.75 Å². The zero-order chi connectivity index (χ0) is 21.3. The Bertz CT molecular complexity index is 1070. The maximum atomic E-state index is 12.4. The third-order valence-electron chi connectivity index (χ3n) is 4.41. The molecule has 0 aliphatic carbocycles. The number of thiazole rings is 1. The molecule has 0 radical (unpaired) electrons. The fourth-order valence-electron chi connectivity index (χ4n) is 3.34. The van der Waals surface area contributed by atoms with E-state index in [-0.39, 0.29) is 11.3 Å². The number of aromatic nitrogens is 2. The van der Waals surface area contributed by atoms with Gasteiger partial charge in [0, 0.05) is 30.2 Å². The minimum absolute atomic E-state index is 0.102. The second-order valence-electron chi connectivity index (χ2n) is 7.22. The molecule has 0 aliphatic rings. The number of alkyl halides is 3. The van der Waals surface area contributed by atoms with Gasteiger partial charge in [-0.25, -0.2) is 4.98 Å². The normalized spacial score (nSPS) is 12.1. The average Bonchev–Trinajstić information content (AvgIpc) is 2.94. The van der Waals surface area contributed by atoms with Crippen molar-refractivity contribution in [1.29, 1.82) is 0 Å². The molecule has 0 unspecified atom stereocenters. The zero-order valence-electron chi connectivity index (χ0n) is 16.6. The molecule has 1 aromatic carbocycles. The third kappa shape index (κ3) is 5.16. The quantitative estimate of drug-likeness (QED) is 0.592. The van der Waals surface area contributed by atoms with Gasteiger partial charge in [-0.05, 0) is 44.5 Å². The number of hydrogen-bond donors (Lipinski definition) is 0. The lowest BCUT2D eigenvalue weighted by Crippen LogP contribution is -2.22. The number of rotatable bonds is 6. The lowest BCUT2D eigenvalue weighted by Gasteiger charge is -2.19. The highest BCUT2D eigenvalue weighted by Gasteiger charge is 2.29. The fourth-order valence-corrected chi connectivity index (χ4v) is 4.23. The van der Waals surface area contributed by atoms with Crippen LogP contribution in [0.25, 0.3) is 4.96 Å². The summed E-state index contributed by atoms with van der Waals surface area (Å²) in [4.78, 5) is 19.5. The van der Waals surface area contributed by atoms with Gasteiger partial charge in [-0.2, -0.15) is 13.2 Å². The lowest BCUT2D eigenvalue weighted by atomic mass is 10.1. The van der Waals surface area contributed by atoms with E-state index in [0.29, 0.717) is 34.9 Å². The van der Waals surface area contributed by atoms with E-state index in [1.165, 1.54) is 17.4 Å². The molecule has 2 heterocycles. The molecule has 0 bridgehead atoms. The van der Waals surface area contributed by atoms with Gasteiger partial charge in [0.05, 0.1) is 5.69 Å². The van der Waals surface area contributed by atoms with Gasteiger partial charge in [0.2, 0.25) is 0 Å². The highest BCUT2D eigenvalue weighted by atomic mass is 32.1. The molecular weight excluding hydrogens is 403 g/mol. The van der Waals surface area contributed by atoms with E-state index >= 15 is 0 Å². The van der Waals surface area contributed by atoms with E-state index < -0.39 is 12.8 Å². The van der Waals surface area contributed by atoms with Gasteiger partial charge in [-0.15, -0.1) is 11.3 Å². The van der Waals surface area contributed by atoms with Gasteiger partial charge in [0.15, 0.2) is 11.6 Å². The van der Waals surface area contributed by atoms with Crippen molar-refractivity contribution < 1.29 is 17.9 Å².